The van der Waals surface area contributed by atoms with E-state index >= 15 is 0 Å². The lowest BCUT2D eigenvalue weighted by Crippen LogP contribution is -2.35. The van der Waals surface area contributed by atoms with Gasteiger partial charge in [-0.3, -0.25) is 4.39 Å². The van der Waals surface area contributed by atoms with Gasteiger partial charge in [0, 0.05) is 18.1 Å². The molecule has 0 aromatic carbocycles. The van der Waals surface area contributed by atoms with Crippen molar-refractivity contribution in [1.82, 2.24) is 9.29 Å². The van der Waals surface area contributed by atoms with Crippen molar-refractivity contribution in [3.05, 3.63) is 16.4 Å². The molecule has 0 saturated carbocycles. The van der Waals surface area contributed by atoms with Gasteiger partial charge in [-0.2, -0.15) is 8.42 Å². The molecule has 0 aliphatic carbocycles. The number of nitrogens with zero attached hydrogens (tertiary/aromatic N) is 2. The molecule has 0 aliphatic rings. The number of nitrogens with one attached hydrogen (secondary N) is 1. The summed E-state index contributed by atoms with van der Waals surface area (Å²) in [7, 11) is -4.16. The number of hydrogen-bond donors (Lipinski definition) is 2. The maximum Gasteiger partial charge on any atom is 0.348 e. The summed E-state index contributed by atoms with van der Waals surface area (Å²) in [6.07, 6.45) is 1.84. The molecule has 0 fully saturated rings. The zero-order valence-corrected chi connectivity index (χ0v) is 10.3. The van der Waals surface area contributed by atoms with Crippen molar-refractivity contribution in [2.24, 2.45) is 10.1 Å². The van der Waals surface area contributed by atoms with E-state index in [-0.39, 0.29) is 11.2 Å². The van der Waals surface area contributed by atoms with Crippen molar-refractivity contribution in [1.29, 1.82) is 0 Å². The SMILES string of the molecule is NC(=O)NS(=O)(=O)N=c1sccn1CCCF. The van der Waals surface area contributed by atoms with Crippen molar-refractivity contribution < 1.29 is 17.6 Å². The summed E-state index contributed by atoms with van der Waals surface area (Å²) in [4.78, 5) is 10.6. The normalized spacial score (nSPS) is 12.6. The predicted molar refractivity (Wildman–Crippen MR) is 60.1 cm³/mol. The average molecular weight is 282 g/mol. The van der Waals surface area contributed by atoms with Crippen molar-refractivity contribution >= 4 is 27.6 Å². The Morgan fingerprint density at radius 2 is 2.35 bits per heavy atom. The summed E-state index contributed by atoms with van der Waals surface area (Å²) < 4.78 is 40.9. The molecule has 0 atom stereocenters. The number of hydrogen-bond acceptors (Lipinski definition) is 4. The van der Waals surface area contributed by atoms with Crippen molar-refractivity contribution in [2.45, 2.75) is 13.0 Å². The fraction of sp³-hybridized carbons (Fsp3) is 0.429. The molecule has 7 nitrogen and oxygen atoms in total. The molecule has 1 rings (SSSR count). The Balaban J connectivity index is 2.99. The molecule has 0 aliphatic heterocycles. The zero-order valence-electron chi connectivity index (χ0n) is 8.67. The highest BCUT2D eigenvalue weighted by molar-refractivity contribution is 7.88. The minimum Gasteiger partial charge on any atom is -0.351 e. The first-order valence-corrected chi connectivity index (χ1v) is 6.84. The first kappa shape index (κ1) is 13.6. The Kier molecular flexibility index (Phi) is 4.63. The summed E-state index contributed by atoms with van der Waals surface area (Å²) in [6, 6.07) is -1.21. The van der Waals surface area contributed by atoms with Crippen LogP contribution in [0.4, 0.5) is 9.18 Å². The van der Waals surface area contributed by atoms with Gasteiger partial charge in [0.05, 0.1) is 6.67 Å². The van der Waals surface area contributed by atoms with Crippen LogP contribution >= 0.6 is 11.3 Å². The van der Waals surface area contributed by atoms with Crippen LogP contribution in [-0.2, 0) is 16.8 Å². The number of aryl methyl sites for hydroxylation is 1. The second kappa shape index (κ2) is 5.77. The molecule has 1 aromatic rings. The number of rotatable bonds is 5. The van der Waals surface area contributed by atoms with E-state index in [1.807, 2.05) is 0 Å². The number of amides is 2. The first-order chi connectivity index (χ1) is 7.94. The predicted octanol–water partition coefficient (Wildman–Crippen LogP) is -0.277. The van der Waals surface area contributed by atoms with Gasteiger partial charge in [-0.25, -0.2) is 9.52 Å². The molecule has 0 radical (unpaired) electrons. The van der Waals surface area contributed by atoms with Gasteiger partial charge in [0.25, 0.3) is 0 Å². The van der Waals surface area contributed by atoms with Crippen LogP contribution in [0.15, 0.2) is 16.0 Å². The molecule has 0 spiro atoms. The van der Waals surface area contributed by atoms with E-state index in [9.17, 15) is 17.6 Å². The van der Waals surface area contributed by atoms with Crippen LogP contribution in [0.3, 0.4) is 0 Å². The maximum atomic E-state index is 12.0. The summed E-state index contributed by atoms with van der Waals surface area (Å²) in [5, 5.41) is 1.61. The molecule has 1 heterocycles. The second-order valence-electron chi connectivity index (χ2n) is 2.95. The van der Waals surface area contributed by atoms with E-state index in [4.69, 9.17) is 0 Å². The van der Waals surface area contributed by atoms with Gasteiger partial charge in [0.1, 0.15) is 0 Å². The quantitative estimate of drug-likeness (QED) is 0.775. The van der Waals surface area contributed by atoms with Crippen LogP contribution in [0.1, 0.15) is 6.42 Å². The number of carbonyl (C=O) groups excluding carboxylic acids is 1. The minimum atomic E-state index is -4.16. The van der Waals surface area contributed by atoms with E-state index in [0.29, 0.717) is 6.54 Å². The highest BCUT2D eigenvalue weighted by Crippen LogP contribution is 1.95. The Morgan fingerprint density at radius 3 is 2.94 bits per heavy atom. The molecule has 96 valence electrons. The van der Waals surface area contributed by atoms with E-state index in [1.165, 1.54) is 9.29 Å². The number of urea groups is 1. The molecule has 0 unspecified atom stereocenters. The maximum absolute atomic E-state index is 12.0. The molecule has 0 saturated heterocycles. The number of alkyl halides is 1. The third-order valence-corrected chi connectivity index (χ3v) is 3.40. The fourth-order valence-electron chi connectivity index (χ4n) is 1.02. The number of halogens is 1. The molecule has 3 N–H and O–H groups in total. The van der Waals surface area contributed by atoms with Crippen LogP contribution in [-0.4, -0.2) is 25.7 Å². The van der Waals surface area contributed by atoms with Crippen molar-refractivity contribution in [2.75, 3.05) is 6.67 Å². The van der Waals surface area contributed by atoms with Crippen LogP contribution in [0.2, 0.25) is 0 Å². The van der Waals surface area contributed by atoms with Gasteiger partial charge >= 0.3 is 16.2 Å². The van der Waals surface area contributed by atoms with E-state index in [2.05, 4.69) is 10.1 Å². The topological polar surface area (TPSA) is 107 Å². The van der Waals surface area contributed by atoms with Gasteiger partial charge in [-0.1, -0.05) is 0 Å². The molecule has 0 bridgehead atoms. The van der Waals surface area contributed by atoms with Crippen molar-refractivity contribution in [3.63, 3.8) is 0 Å². The smallest absolute Gasteiger partial charge is 0.348 e. The van der Waals surface area contributed by atoms with Crippen LogP contribution in [0.5, 0.6) is 0 Å². The van der Waals surface area contributed by atoms with Gasteiger partial charge in [-0.15, -0.1) is 15.7 Å². The van der Waals surface area contributed by atoms with Gasteiger partial charge in [0.15, 0.2) is 0 Å². The highest BCUT2D eigenvalue weighted by Gasteiger charge is 2.10. The summed E-state index contributed by atoms with van der Waals surface area (Å²) in [5.41, 5.74) is 4.68. The van der Waals surface area contributed by atoms with E-state index in [0.717, 1.165) is 11.3 Å². The molecule has 2 amide bonds. The Morgan fingerprint density at radius 1 is 1.65 bits per heavy atom. The largest absolute Gasteiger partial charge is 0.351 e. The number of carbonyl (C=O) groups is 1. The molecule has 10 heteroatoms. The number of aromatic nitrogens is 1. The third kappa shape index (κ3) is 4.53. The molecular formula is C7H11FN4O3S2. The van der Waals surface area contributed by atoms with Gasteiger partial charge in [-0.05, 0) is 6.42 Å². The lowest BCUT2D eigenvalue weighted by Gasteiger charge is -2.00. The molecule has 1 aromatic heterocycles. The number of thiazole rings is 1. The van der Waals surface area contributed by atoms with Gasteiger partial charge < -0.3 is 10.3 Å². The van der Waals surface area contributed by atoms with Crippen LogP contribution in [0.25, 0.3) is 0 Å². The Labute approximate surface area is 101 Å². The lowest BCUT2D eigenvalue weighted by molar-refractivity contribution is 0.253. The summed E-state index contributed by atoms with van der Waals surface area (Å²) in [5.74, 6) is 0. The minimum absolute atomic E-state index is 0.146. The van der Waals surface area contributed by atoms with Crippen molar-refractivity contribution in [3.8, 4) is 0 Å². The summed E-state index contributed by atoms with van der Waals surface area (Å²) in [6.45, 7) is -0.195. The average Bonchev–Trinajstić information content (AvgIpc) is 2.59. The third-order valence-electron chi connectivity index (χ3n) is 1.62. The zero-order chi connectivity index (χ0) is 12.9. The molecule has 17 heavy (non-hydrogen) atoms. The monoisotopic (exact) mass is 282 g/mol. The second-order valence-corrected chi connectivity index (χ2v) is 5.16. The standard InChI is InChI=1S/C7H11FN4O3S2/c8-2-1-3-12-4-5-16-7(12)11-17(14,15)10-6(9)13/h4-5H,1-3H2,(H3,9,10,13). The van der Waals surface area contributed by atoms with Gasteiger partial charge in [0.2, 0.25) is 4.80 Å². The van der Waals surface area contributed by atoms with Crippen LogP contribution in [0, 0.1) is 0 Å². The summed E-state index contributed by atoms with van der Waals surface area (Å²) >= 11 is 1.06. The first-order valence-electron chi connectivity index (χ1n) is 4.52. The highest BCUT2D eigenvalue weighted by atomic mass is 32.2. The Hall–Kier alpha value is -1.42. The van der Waals surface area contributed by atoms with E-state index in [1.54, 1.807) is 11.6 Å². The molecular weight excluding hydrogens is 271 g/mol. The lowest BCUT2D eigenvalue weighted by atomic mass is 10.5. The van der Waals surface area contributed by atoms with E-state index < -0.39 is 22.9 Å². The fourth-order valence-corrected chi connectivity index (χ4v) is 2.72. The van der Waals surface area contributed by atoms with Crippen LogP contribution < -0.4 is 15.3 Å². The number of nitrogens with two attached hydrogens (primary N) is 1. The number of primary amides is 1. The Bertz CT molecular complexity index is 547.